The number of nitrogens with one attached hydrogen (secondary N) is 1. The zero-order chi connectivity index (χ0) is 14.6. The lowest BCUT2D eigenvalue weighted by atomic mass is 10.0. The minimum absolute atomic E-state index is 0.169. The van der Waals surface area contributed by atoms with Gasteiger partial charge in [0.05, 0.1) is 5.56 Å². The van der Waals surface area contributed by atoms with E-state index in [0.29, 0.717) is 18.4 Å². The fourth-order valence-electron chi connectivity index (χ4n) is 4.80. The van der Waals surface area contributed by atoms with E-state index in [1.54, 1.807) is 18.2 Å². The van der Waals surface area contributed by atoms with Gasteiger partial charge in [0.1, 0.15) is 0 Å². The molecule has 0 aromatic heterocycles. The maximum atomic E-state index is 12.3. The summed E-state index contributed by atoms with van der Waals surface area (Å²) in [5, 5.41) is 12.0. The Morgan fingerprint density at radius 2 is 1.90 bits per heavy atom. The Bertz CT molecular complexity index is 596. The largest absolute Gasteiger partial charge is 0.478 e. The van der Waals surface area contributed by atoms with E-state index in [4.69, 9.17) is 5.11 Å². The number of carboxylic acid groups (broad SMARTS) is 1. The third kappa shape index (κ3) is 2.04. The van der Waals surface area contributed by atoms with Gasteiger partial charge < -0.3 is 10.4 Å². The highest BCUT2D eigenvalue weighted by atomic mass is 16.4. The summed E-state index contributed by atoms with van der Waals surface area (Å²) in [5.74, 6) is 2.36. The summed E-state index contributed by atoms with van der Waals surface area (Å²) in [5.41, 5.74) is 1.11. The van der Waals surface area contributed by atoms with Gasteiger partial charge in [-0.3, -0.25) is 4.79 Å². The number of carbonyl (C=O) groups is 2. The normalized spacial score (nSPS) is 35.3. The van der Waals surface area contributed by atoms with E-state index < -0.39 is 5.97 Å². The first-order valence-corrected chi connectivity index (χ1v) is 7.75. The highest BCUT2D eigenvalue weighted by Crippen LogP contribution is 2.69. The molecule has 3 saturated carbocycles. The predicted molar refractivity (Wildman–Crippen MR) is 76.5 cm³/mol. The highest BCUT2D eigenvalue weighted by Gasteiger charge is 2.67. The SMILES string of the molecule is O=C(O)c1cccc(CNC(=O)C2[C@@H]3[C@@H]4CC[C@H](C4)[C@@H]23)c1. The van der Waals surface area contributed by atoms with E-state index in [1.807, 2.05) is 6.07 Å². The molecule has 4 rings (SSSR count). The van der Waals surface area contributed by atoms with Crippen molar-refractivity contribution in [1.82, 2.24) is 5.32 Å². The molecule has 2 N–H and O–H groups in total. The van der Waals surface area contributed by atoms with E-state index in [-0.39, 0.29) is 17.4 Å². The number of hydrogen-bond acceptors (Lipinski definition) is 2. The van der Waals surface area contributed by atoms with Gasteiger partial charge in [0, 0.05) is 12.5 Å². The molecule has 0 radical (unpaired) electrons. The lowest BCUT2D eigenvalue weighted by Gasteiger charge is -2.10. The molecule has 0 saturated heterocycles. The van der Waals surface area contributed by atoms with Crippen molar-refractivity contribution < 1.29 is 14.7 Å². The van der Waals surface area contributed by atoms with Crippen molar-refractivity contribution in [2.75, 3.05) is 0 Å². The van der Waals surface area contributed by atoms with Crippen LogP contribution in [0.4, 0.5) is 0 Å². The van der Waals surface area contributed by atoms with Crippen LogP contribution in [0.1, 0.15) is 35.2 Å². The third-order valence-electron chi connectivity index (χ3n) is 5.68. The molecular formula is C17H19NO3. The second-order valence-electron chi connectivity index (χ2n) is 6.74. The van der Waals surface area contributed by atoms with Crippen LogP contribution in [0.3, 0.4) is 0 Å². The van der Waals surface area contributed by atoms with Gasteiger partial charge in [-0.1, -0.05) is 12.1 Å². The van der Waals surface area contributed by atoms with E-state index in [0.717, 1.165) is 17.4 Å². The molecule has 2 bridgehead atoms. The number of fused-ring (bicyclic) bond motifs is 5. The van der Waals surface area contributed by atoms with Gasteiger partial charge in [0.25, 0.3) is 0 Å². The minimum Gasteiger partial charge on any atom is -0.478 e. The molecule has 0 aliphatic heterocycles. The molecule has 21 heavy (non-hydrogen) atoms. The first kappa shape index (κ1) is 12.9. The van der Waals surface area contributed by atoms with Crippen molar-refractivity contribution >= 4 is 11.9 Å². The topological polar surface area (TPSA) is 66.4 Å². The molecule has 0 heterocycles. The third-order valence-corrected chi connectivity index (χ3v) is 5.68. The van der Waals surface area contributed by atoms with Gasteiger partial charge >= 0.3 is 5.97 Å². The average Bonchev–Trinajstić information content (AvgIpc) is 2.93. The summed E-state index contributed by atoms with van der Waals surface area (Å²) in [7, 11) is 0. The van der Waals surface area contributed by atoms with Crippen molar-refractivity contribution in [2.45, 2.75) is 25.8 Å². The van der Waals surface area contributed by atoms with Crippen LogP contribution in [0.5, 0.6) is 0 Å². The van der Waals surface area contributed by atoms with Crippen LogP contribution in [0.2, 0.25) is 0 Å². The van der Waals surface area contributed by atoms with E-state index in [2.05, 4.69) is 5.32 Å². The Balaban J connectivity index is 1.36. The van der Waals surface area contributed by atoms with Crippen molar-refractivity contribution in [3.63, 3.8) is 0 Å². The Morgan fingerprint density at radius 1 is 1.19 bits per heavy atom. The van der Waals surface area contributed by atoms with Crippen LogP contribution in [0.15, 0.2) is 24.3 Å². The Labute approximate surface area is 123 Å². The lowest BCUT2D eigenvalue weighted by Crippen LogP contribution is -2.27. The van der Waals surface area contributed by atoms with Crippen LogP contribution in [0.25, 0.3) is 0 Å². The number of aromatic carboxylic acids is 1. The van der Waals surface area contributed by atoms with Gasteiger partial charge in [-0.25, -0.2) is 4.79 Å². The van der Waals surface area contributed by atoms with Gasteiger partial charge in [0.2, 0.25) is 5.91 Å². The zero-order valence-electron chi connectivity index (χ0n) is 11.8. The van der Waals surface area contributed by atoms with Crippen LogP contribution >= 0.6 is 0 Å². The van der Waals surface area contributed by atoms with Crippen LogP contribution in [-0.2, 0) is 11.3 Å². The smallest absolute Gasteiger partial charge is 0.335 e. The lowest BCUT2D eigenvalue weighted by molar-refractivity contribution is -0.123. The number of carbonyl (C=O) groups excluding carboxylic acids is 1. The average molecular weight is 285 g/mol. The van der Waals surface area contributed by atoms with Crippen LogP contribution < -0.4 is 5.32 Å². The maximum absolute atomic E-state index is 12.3. The summed E-state index contributed by atoms with van der Waals surface area (Å²) in [4.78, 5) is 23.2. The molecule has 0 spiro atoms. The second-order valence-corrected chi connectivity index (χ2v) is 6.74. The van der Waals surface area contributed by atoms with Crippen molar-refractivity contribution in [3.05, 3.63) is 35.4 Å². The summed E-state index contributed by atoms with van der Waals surface area (Å²) in [6.07, 6.45) is 3.98. The van der Waals surface area contributed by atoms with Crippen LogP contribution in [-0.4, -0.2) is 17.0 Å². The van der Waals surface area contributed by atoms with Crippen LogP contribution in [0, 0.1) is 29.6 Å². The summed E-state index contributed by atoms with van der Waals surface area (Å²) < 4.78 is 0. The number of amides is 1. The number of rotatable bonds is 4. The standard InChI is InChI=1S/C17H19NO3/c19-16(15-13-10-4-5-11(7-10)14(13)15)18-8-9-2-1-3-12(6-9)17(20)21/h1-3,6,10-11,13-15H,4-5,7-8H2,(H,18,19)(H,20,21)/t10-,11-,13-,14-/m1/s1. The van der Waals surface area contributed by atoms with Gasteiger partial charge in [-0.15, -0.1) is 0 Å². The Morgan fingerprint density at radius 3 is 2.57 bits per heavy atom. The maximum Gasteiger partial charge on any atom is 0.335 e. The van der Waals surface area contributed by atoms with E-state index in [1.165, 1.54) is 19.3 Å². The molecule has 110 valence electrons. The molecule has 3 aliphatic carbocycles. The predicted octanol–water partition coefficient (Wildman–Crippen LogP) is 2.29. The van der Waals surface area contributed by atoms with E-state index >= 15 is 0 Å². The van der Waals surface area contributed by atoms with E-state index in [9.17, 15) is 9.59 Å². The van der Waals surface area contributed by atoms with Gasteiger partial charge in [0.15, 0.2) is 0 Å². The van der Waals surface area contributed by atoms with Crippen molar-refractivity contribution in [1.29, 1.82) is 0 Å². The fraction of sp³-hybridized carbons (Fsp3) is 0.529. The molecule has 4 atom stereocenters. The Kier molecular flexibility index (Phi) is 2.81. The number of carboxylic acids is 1. The van der Waals surface area contributed by atoms with Gasteiger partial charge in [-0.2, -0.15) is 0 Å². The second kappa shape index (κ2) is 4.58. The summed E-state index contributed by atoms with van der Waals surface area (Å²) in [6.45, 7) is 0.422. The van der Waals surface area contributed by atoms with Crippen molar-refractivity contribution in [3.8, 4) is 0 Å². The number of hydrogen-bond donors (Lipinski definition) is 2. The quantitative estimate of drug-likeness (QED) is 0.892. The zero-order valence-corrected chi connectivity index (χ0v) is 11.8. The fourth-order valence-corrected chi connectivity index (χ4v) is 4.80. The molecule has 3 aliphatic rings. The first-order chi connectivity index (χ1) is 10.1. The molecular weight excluding hydrogens is 266 g/mol. The molecule has 1 aromatic rings. The first-order valence-electron chi connectivity index (χ1n) is 7.75. The Hall–Kier alpha value is -1.84. The molecule has 4 nitrogen and oxygen atoms in total. The molecule has 3 fully saturated rings. The molecule has 4 heteroatoms. The van der Waals surface area contributed by atoms with Crippen molar-refractivity contribution in [2.24, 2.45) is 29.6 Å². The number of benzene rings is 1. The highest BCUT2D eigenvalue weighted by molar-refractivity contribution is 5.87. The minimum atomic E-state index is -0.934. The molecule has 1 amide bonds. The molecule has 0 unspecified atom stereocenters. The monoisotopic (exact) mass is 285 g/mol. The molecule has 1 aromatic carbocycles. The summed E-state index contributed by atoms with van der Waals surface area (Å²) >= 11 is 0. The summed E-state index contributed by atoms with van der Waals surface area (Å²) in [6, 6.07) is 6.76. The van der Waals surface area contributed by atoms with Gasteiger partial charge in [-0.05, 0) is 60.6 Å².